The molecule has 3 N–H and O–H groups in total. The van der Waals surface area contributed by atoms with E-state index in [4.69, 9.17) is 5.73 Å². The molecule has 1 amide bonds. The van der Waals surface area contributed by atoms with E-state index in [-0.39, 0.29) is 0 Å². The van der Waals surface area contributed by atoms with E-state index in [1.54, 1.807) is 0 Å². The largest absolute Gasteiger partial charge is 0.370 e. The third-order valence-electron chi connectivity index (χ3n) is 2.73. The summed E-state index contributed by atoms with van der Waals surface area (Å²) in [5.41, 5.74) is 5.02. The van der Waals surface area contributed by atoms with Gasteiger partial charge in [0, 0.05) is 5.69 Å². The quantitative estimate of drug-likeness (QED) is 0.904. The summed E-state index contributed by atoms with van der Waals surface area (Å²) in [6.45, 7) is 0. The summed E-state index contributed by atoms with van der Waals surface area (Å²) in [5, 5.41) is 2.58. The fourth-order valence-electron chi connectivity index (χ4n) is 1.78. The monoisotopic (exact) mass is 280 g/mol. The number of nitrogens with one attached hydrogen (secondary N) is 1. The molecule has 0 aliphatic rings. The highest BCUT2D eigenvalue weighted by molar-refractivity contribution is 5.84. The summed E-state index contributed by atoms with van der Waals surface area (Å²) in [7, 11) is 0. The first-order chi connectivity index (χ1) is 9.49. The van der Waals surface area contributed by atoms with E-state index in [2.05, 4.69) is 5.32 Å². The van der Waals surface area contributed by atoms with Crippen molar-refractivity contribution >= 4 is 11.6 Å². The number of nitrogens with two attached hydrogens (primary N) is 1. The molecule has 0 radical (unpaired) electrons. The number of hydrogen-bond acceptors (Lipinski definition) is 2. The molecule has 0 spiro atoms. The van der Waals surface area contributed by atoms with Crippen molar-refractivity contribution in [2.24, 2.45) is 5.73 Å². The van der Waals surface area contributed by atoms with Crippen LogP contribution in [-0.4, -0.2) is 5.91 Å². The average molecular weight is 280 g/mol. The Morgan fingerprint density at radius 2 is 1.55 bits per heavy atom. The smallest absolute Gasteiger partial charge is 0.244 e. The predicted octanol–water partition coefficient (Wildman–Crippen LogP) is 2.74. The van der Waals surface area contributed by atoms with E-state index in [0.717, 1.165) is 24.3 Å². The third-order valence-corrected chi connectivity index (χ3v) is 2.73. The van der Waals surface area contributed by atoms with Gasteiger partial charge < -0.3 is 11.1 Å². The van der Waals surface area contributed by atoms with Crippen molar-refractivity contribution in [2.75, 3.05) is 5.32 Å². The Kier molecular flexibility index (Phi) is 3.93. The van der Waals surface area contributed by atoms with Crippen molar-refractivity contribution < 1.29 is 18.0 Å². The number of hydrogen-bond donors (Lipinski definition) is 2. The molecule has 20 heavy (non-hydrogen) atoms. The number of amides is 1. The second-order valence-corrected chi connectivity index (χ2v) is 4.12. The van der Waals surface area contributed by atoms with Gasteiger partial charge in [-0.25, -0.2) is 13.2 Å². The van der Waals surface area contributed by atoms with Crippen molar-refractivity contribution in [3.63, 3.8) is 0 Å². The molecule has 6 heteroatoms. The SMILES string of the molecule is NC(=O)C(Nc1ccc(F)cc1)c1c(F)cccc1F. The summed E-state index contributed by atoms with van der Waals surface area (Å²) < 4.78 is 40.2. The molecule has 2 aromatic rings. The zero-order valence-corrected chi connectivity index (χ0v) is 10.2. The predicted molar refractivity (Wildman–Crippen MR) is 68.3 cm³/mol. The van der Waals surface area contributed by atoms with Crippen molar-refractivity contribution in [2.45, 2.75) is 6.04 Å². The maximum absolute atomic E-state index is 13.7. The molecule has 2 rings (SSSR count). The summed E-state index contributed by atoms with van der Waals surface area (Å²) in [4.78, 5) is 11.4. The van der Waals surface area contributed by atoms with Gasteiger partial charge in [0.25, 0.3) is 0 Å². The molecular formula is C14H11F3N2O. The Labute approximate surface area is 113 Å². The Balaban J connectivity index is 2.37. The second-order valence-electron chi connectivity index (χ2n) is 4.12. The lowest BCUT2D eigenvalue weighted by Gasteiger charge is -2.18. The molecule has 0 fully saturated rings. The molecule has 3 nitrogen and oxygen atoms in total. The number of anilines is 1. The molecule has 1 unspecified atom stereocenters. The van der Waals surface area contributed by atoms with Crippen molar-refractivity contribution in [1.82, 2.24) is 0 Å². The number of primary amides is 1. The highest BCUT2D eigenvalue weighted by Gasteiger charge is 2.24. The first-order valence-corrected chi connectivity index (χ1v) is 5.74. The maximum atomic E-state index is 13.7. The lowest BCUT2D eigenvalue weighted by atomic mass is 10.0. The topological polar surface area (TPSA) is 55.1 Å². The van der Waals surface area contributed by atoms with Gasteiger partial charge in [-0.05, 0) is 36.4 Å². The van der Waals surface area contributed by atoms with E-state index in [1.807, 2.05) is 0 Å². The van der Waals surface area contributed by atoms with Crippen LogP contribution in [0, 0.1) is 17.5 Å². The Morgan fingerprint density at radius 3 is 2.05 bits per heavy atom. The molecule has 104 valence electrons. The highest BCUT2D eigenvalue weighted by atomic mass is 19.1. The number of rotatable bonds is 4. The first-order valence-electron chi connectivity index (χ1n) is 5.74. The Morgan fingerprint density at radius 1 is 1.00 bits per heavy atom. The standard InChI is InChI=1S/C14H11F3N2O/c15-8-4-6-9(7-5-8)19-13(14(18)20)12-10(16)2-1-3-11(12)17/h1-7,13,19H,(H2,18,20). The minimum absolute atomic E-state index is 0.317. The van der Waals surface area contributed by atoms with Gasteiger partial charge >= 0.3 is 0 Å². The van der Waals surface area contributed by atoms with Gasteiger partial charge in [0.2, 0.25) is 5.91 Å². The van der Waals surface area contributed by atoms with E-state index < -0.39 is 35.0 Å². The van der Waals surface area contributed by atoms with Crippen LogP contribution in [0.25, 0.3) is 0 Å². The zero-order chi connectivity index (χ0) is 14.7. The van der Waals surface area contributed by atoms with Crippen LogP contribution in [0.3, 0.4) is 0 Å². The Bertz CT molecular complexity index is 609. The molecule has 0 heterocycles. The number of carbonyl (C=O) groups excluding carboxylic acids is 1. The van der Waals surface area contributed by atoms with Crippen LogP contribution in [0.1, 0.15) is 11.6 Å². The van der Waals surface area contributed by atoms with Crippen molar-refractivity contribution in [3.8, 4) is 0 Å². The third kappa shape index (κ3) is 2.90. The molecule has 0 aliphatic carbocycles. The van der Waals surface area contributed by atoms with Gasteiger partial charge in [0.1, 0.15) is 23.5 Å². The molecule has 0 saturated heterocycles. The minimum atomic E-state index is -1.39. The molecule has 0 aliphatic heterocycles. The van der Waals surface area contributed by atoms with Crippen LogP contribution in [0.5, 0.6) is 0 Å². The summed E-state index contributed by atoms with van der Waals surface area (Å²) in [6, 6.07) is 6.83. The van der Waals surface area contributed by atoms with Crippen LogP contribution in [0.4, 0.5) is 18.9 Å². The summed E-state index contributed by atoms with van der Waals surface area (Å²) >= 11 is 0. The summed E-state index contributed by atoms with van der Waals surface area (Å²) in [5.74, 6) is -3.19. The molecular weight excluding hydrogens is 269 g/mol. The van der Waals surface area contributed by atoms with Crippen molar-refractivity contribution in [3.05, 3.63) is 65.5 Å². The molecule has 2 aromatic carbocycles. The van der Waals surface area contributed by atoms with Crippen molar-refractivity contribution in [1.29, 1.82) is 0 Å². The molecule has 0 bridgehead atoms. The van der Waals surface area contributed by atoms with E-state index in [9.17, 15) is 18.0 Å². The van der Waals surface area contributed by atoms with E-state index >= 15 is 0 Å². The van der Waals surface area contributed by atoms with Crippen LogP contribution in [0.15, 0.2) is 42.5 Å². The average Bonchev–Trinajstić information content (AvgIpc) is 2.39. The lowest BCUT2D eigenvalue weighted by Crippen LogP contribution is -2.29. The summed E-state index contributed by atoms with van der Waals surface area (Å²) in [6.07, 6.45) is 0. The van der Waals surface area contributed by atoms with Crippen LogP contribution in [-0.2, 0) is 4.79 Å². The van der Waals surface area contributed by atoms with E-state index in [1.165, 1.54) is 18.2 Å². The van der Waals surface area contributed by atoms with Gasteiger partial charge in [-0.3, -0.25) is 4.79 Å². The molecule has 0 aromatic heterocycles. The molecule has 1 atom stereocenters. The van der Waals surface area contributed by atoms with Gasteiger partial charge in [-0.2, -0.15) is 0 Å². The van der Waals surface area contributed by atoms with Crippen LogP contribution < -0.4 is 11.1 Å². The van der Waals surface area contributed by atoms with Gasteiger partial charge in [0.15, 0.2) is 0 Å². The second kappa shape index (κ2) is 5.64. The lowest BCUT2D eigenvalue weighted by molar-refractivity contribution is -0.119. The minimum Gasteiger partial charge on any atom is -0.370 e. The first kappa shape index (κ1) is 13.9. The fourth-order valence-corrected chi connectivity index (χ4v) is 1.78. The van der Waals surface area contributed by atoms with Gasteiger partial charge in [-0.15, -0.1) is 0 Å². The fraction of sp³-hybridized carbons (Fsp3) is 0.0714. The van der Waals surface area contributed by atoms with Gasteiger partial charge in [0.05, 0.1) is 5.56 Å². The Hall–Kier alpha value is -2.50. The zero-order valence-electron chi connectivity index (χ0n) is 10.2. The maximum Gasteiger partial charge on any atom is 0.244 e. The molecule has 0 saturated carbocycles. The van der Waals surface area contributed by atoms with Crippen LogP contribution in [0.2, 0.25) is 0 Å². The van der Waals surface area contributed by atoms with Crippen LogP contribution >= 0.6 is 0 Å². The van der Waals surface area contributed by atoms with Gasteiger partial charge in [-0.1, -0.05) is 6.07 Å². The highest BCUT2D eigenvalue weighted by Crippen LogP contribution is 2.24. The number of benzene rings is 2. The number of carbonyl (C=O) groups is 1. The number of halogens is 3. The normalized spacial score (nSPS) is 11.9. The van der Waals surface area contributed by atoms with E-state index in [0.29, 0.717) is 5.69 Å².